The largest absolute Gasteiger partial charge is 0.394 e. The van der Waals surface area contributed by atoms with E-state index in [-0.39, 0.29) is 18.9 Å². The van der Waals surface area contributed by atoms with Gasteiger partial charge in [0.1, 0.15) is 73.2 Å². The molecule has 3 saturated heterocycles. The van der Waals surface area contributed by atoms with Crippen LogP contribution in [0.5, 0.6) is 0 Å². The van der Waals surface area contributed by atoms with Gasteiger partial charge in [0.15, 0.2) is 18.9 Å². The summed E-state index contributed by atoms with van der Waals surface area (Å²) in [6.45, 7) is 1.50. The molecule has 1 amide bonds. The van der Waals surface area contributed by atoms with Crippen LogP contribution in [0.25, 0.3) is 0 Å². The van der Waals surface area contributed by atoms with Crippen molar-refractivity contribution < 1.29 is 89.4 Å². The van der Waals surface area contributed by atoms with Crippen molar-refractivity contribution in [2.24, 2.45) is 0 Å². The fourth-order valence-corrected chi connectivity index (χ4v) is 7.19. The lowest BCUT2D eigenvalue weighted by Gasteiger charge is -2.48. The fraction of sp³-hybridized carbons (Fsp3) is 0.923. The van der Waals surface area contributed by atoms with E-state index in [0.29, 0.717) is 6.42 Å². The Morgan fingerprint density at radius 1 is 0.603 bits per heavy atom. The molecule has 0 aromatic rings. The van der Waals surface area contributed by atoms with Crippen molar-refractivity contribution in [2.45, 2.75) is 202 Å². The molecule has 0 spiro atoms. The molecular weight excluding hydrogens is 770 g/mol. The van der Waals surface area contributed by atoms with Gasteiger partial charge in [-0.25, -0.2) is 0 Å². The summed E-state index contributed by atoms with van der Waals surface area (Å²) >= 11 is 0. The molecule has 0 bridgehead atoms. The number of carbonyl (C=O) groups excluding carboxylic acids is 1. The molecule has 17 unspecified atom stereocenters. The number of ether oxygens (including phenoxy) is 6. The average Bonchev–Trinajstić information content (AvgIpc) is 3.22. The first-order valence-corrected chi connectivity index (χ1v) is 20.9. The van der Waals surface area contributed by atoms with E-state index in [4.69, 9.17) is 28.4 Å². The van der Waals surface area contributed by atoms with Crippen LogP contribution in [-0.4, -0.2) is 193 Å². The lowest BCUT2D eigenvalue weighted by molar-refractivity contribution is -0.379. The molecule has 17 atom stereocenters. The summed E-state index contributed by atoms with van der Waals surface area (Å²) in [5, 5.41) is 118. The second-order valence-corrected chi connectivity index (χ2v) is 15.5. The van der Waals surface area contributed by atoms with Crippen molar-refractivity contribution in [3.05, 3.63) is 12.2 Å². The fourth-order valence-electron chi connectivity index (χ4n) is 7.19. The van der Waals surface area contributed by atoms with Gasteiger partial charge in [0, 0.05) is 6.42 Å². The molecule has 3 rings (SSSR count). The van der Waals surface area contributed by atoms with Crippen LogP contribution in [0.15, 0.2) is 12.2 Å². The van der Waals surface area contributed by atoms with E-state index in [1.807, 2.05) is 6.08 Å². The summed E-state index contributed by atoms with van der Waals surface area (Å²) in [5.74, 6) is -0.293. The van der Waals surface area contributed by atoms with Crippen LogP contribution in [0.4, 0.5) is 0 Å². The van der Waals surface area contributed by atoms with E-state index in [2.05, 4.69) is 19.2 Å². The number of unbranched alkanes of at least 4 members (excludes halogenated alkanes) is 10. The zero-order valence-electron chi connectivity index (χ0n) is 33.8. The number of amides is 1. The second-order valence-electron chi connectivity index (χ2n) is 15.5. The van der Waals surface area contributed by atoms with Gasteiger partial charge in [-0.05, 0) is 19.3 Å². The van der Waals surface area contributed by atoms with Crippen LogP contribution in [-0.2, 0) is 33.2 Å². The summed E-state index contributed by atoms with van der Waals surface area (Å²) in [4.78, 5) is 12.9. The van der Waals surface area contributed by atoms with E-state index < -0.39 is 124 Å². The van der Waals surface area contributed by atoms with E-state index in [1.165, 1.54) is 0 Å². The predicted molar refractivity (Wildman–Crippen MR) is 203 cm³/mol. The number of rotatable bonds is 26. The topological polar surface area (TPSA) is 307 Å². The molecule has 340 valence electrons. The number of aliphatic hydroxyl groups excluding tert-OH is 11. The van der Waals surface area contributed by atoms with Crippen molar-refractivity contribution in [2.75, 3.05) is 26.4 Å². The van der Waals surface area contributed by atoms with Crippen LogP contribution in [0, 0.1) is 0 Å². The number of carbonyl (C=O) groups is 1. The van der Waals surface area contributed by atoms with Crippen LogP contribution in [0.3, 0.4) is 0 Å². The van der Waals surface area contributed by atoms with E-state index in [9.17, 15) is 61.0 Å². The molecule has 0 aromatic heterocycles. The highest BCUT2D eigenvalue weighted by atomic mass is 16.8. The molecule has 0 aliphatic carbocycles. The maximum atomic E-state index is 12.9. The van der Waals surface area contributed by atoms with Crippen molar-refractivity contribution in [3.8, 4) is 0 Å². The van der Waals surface area contributed by atoms with Gasteiger partial charge in [-0.3, -0.25) is 4.79 Å². The molecule has 0 saturated carbocycles. The minimum Gasteiger partial charge on any atom is -0.394 e. The van der Waals surface area contributed by atoms with Gasteiger partial charge in [0.05, 0.1) is 38.6 Å². The van der Waals surface area contributed by atoms with Gasteiger partial charge >= 0.3 is 0 Å². The Kier molecular flexibility index (Phi) is 23.5. The molecule has 19 nitrogen and oxygen atoms in total. The summed E-state index contributed by atoms with van der Waals surface area (Å²) in [5.41, 5.74) is 0. The van der Waals surface area contributed by atoms with E-state index >= 15 is 0 Å². The quantitative estimate of drug-likeness (QED) is 0.0330. The Bertz CT molecular complexity index is 1150. The third-order valence-electron chi connectivity index (χ3n) is 10.8. The zero-order chi connectivity index (χ0) is 42.8. The lowest BCUT2D eigenvalue weighted by Crippen LogP contribution is -2.66. The Balaban J connectivity index is 1.64. The third-order valence-corrected chi connectivity index (χ3v) is 10.8. The molecule has 3 aliphatic heterocycles. The SMILES string of the molecule is CCCCCCC/C=C/C(O)C(COC1OC(CO)C(OC2OC(CO)C(OC3OC(CO)C(O)C(O)C3O)C(O)C2O)C(O)C1O)NC(=O)CCCCCCCC. The first kappa shape index (κ1) is 50.9. The van der Waals surface area contributed by atoms with Gasteiger partial charge in [-0.15, -0.1) is 0 Å². The third kappa shape index (κ3) is 14.9. The van der Waals surface area contributed by atoms with Gasteiger partial charge in [-0.2, -0.15) is 0 Å². The van der Waals surface area contributed by atoms with Gasteiger partial charge in [0.25, 0.3) is 0 Å². The van der Waals surface area contributed by atoms with E-state index in [1.54, 1.807) is 6.08 Å². The number of aliphatic hydroxyl groups is 11. The van der Waals surface area contributed by atoms with Gasteiger partial charge in [0.2, 0.25) is 5.91 Å². The number of allylic oxidation sites excluding steroid dienone is 1. The highest BCUT2D eigenvalue weighted by molar-refractivity contribution is 5.76. The summed E-state index contributed by atoms with van der Waals surface area (Å²) in [7, 11) is 0. The van der Waals surface area contributed by atoms with Crippen molar-refractivity contribution in [3.63, 3.8) is 0 Å². The van der Waals surface area contributed by atoms with Crippen molar-refractivity contribution in [1.82, 2.24) is 5.32 Å². The van der Waals surface area contributed by atoms with Crippen molar-refractivity contribution in [1.29, 1.82) is 0 Å². The van der Waals surface area contributed by atoms with Gasteiger partial charge in [-0.1, -0.05) is 83.8 Å². The molecule has 0 radical (unpaired) electrons. The minimum absolute atomic E-state index is 0.241. The highest BCUT2D eigenvalue weighted by Crippen LogP contribution is 2.32. The Labute approximate surface area is 340 Å². The summed E-state index contributed by atoms with van der Waals surface area (Å²) < 4.78 is 33.8. The zero-order valence-corrected chi connectivity index (χ0v) is 33.8. The molecule has 19 heteroatoms. The highest BCUT2D eigenvalue weighted by Gasteiger charge is 2.53. The number of hydrogen-bond donors (Lipinski definition) is 12. The standard InChI is InChI=1S/C39H71NO18/c1-3-5-7-9-11-12-14-16-23(44)22(40-27(45)17-15-13-10-8-6-4-2)21-53-37-33(51)30(48)35(25(19-42)55-37)58-39-34(52)31(49)36(26(20-43)56-39)57-38-32(50)29(47)28(46)24(18-41)54-38/h14,16,22-26,28-39,41-44,46-52H,3-13,15,17-21H2,1-2H3,(H,40,45)/b16-14+. The normalized spacial score (nSPS) is 36.9. The molecule has 0 aromatic carbocycles. The minimum atomic E-state index is -1.97. The summed E-state index contributed by atoms with van der Waals surface area (Å²) in [6, 6.07) is -0.959. The average molecular weight is 842 g/mol. The monoisotopic (exact) mass is 841 g/mol. The van der Waals surface area contributed by atoms with Crippen LogP contribution in [0.1, 0.15) is 97.3 Å². The molecular formula is C39H71NO18. The smallest absolute Gasteiger partial charge is 0.220 e. The van der Waals surface area contributed by atoms with Crippen LogP contribution < -0.4 is 5.32 Å². The molecule has 3 fully saturated rings. The first-order valence-electron chi connectivity index (χ1n) is 20.9. The summed E-state index contributed by atoms with van der Waals surface area (Å²) in [6.07, 6.45) is -11.0. The van der Waals surface area contributed by atoms with Crippen molar-refractivity contribution >= 4 is 5.91 Å². The molecule has 3 heterocycles. The van der Waals surface area contributed by atoms with E-state index in [0.717, 1.165) is 70.6 Å². The first-order chi connectivity index (χ1) is 27.8. The lowest BCUT2D eigenvalue weighted by atomic mass is 9.96. The number of nitrogens with one attached hydrogen (secondary N) is 1. The molecule has 12 N–H and O–H groups in total. The van der Waals surface area contributed by atoms with Crippen LogP contribution in [0.2, 0.25) is 0 Å². The second kappa shape index (κ2) is 26.8. The predicted octanol–water partition coefficient (Wildman–Crippen LogP) is -2.04. The molecule has 3 aliphatic rings. The number of hydrogen-bond acceptors (Lipinski definition) is 18. The van der Waals surface area contributed by atoms with Gasteiger partial charge < -0.3 is 89.9 Å². The molecule has 58 heavy (non-hydrogen) atoms. The van der Waals surface area contributed by atoms with Crippen LogP contribution >= 0.6 is 0 Å². The Morgan fingerprint density at radius 2 is 1.07 bits per heavy atom. The Morgan fingerprint density at radius 3 is 1.62 bits per heavy atom. The maximum absolute atomic E-state index is 12.9. The maximum Gasteiger partial charge on any atom is 0.220 e. The Hall–Kier alpha value is -1.47.